The van der Waals surface area contributed by atoms with E-state index >= 15 is 0 Å². The van der Waals surface area contributed by atoms with Gasteiger partial charge in [0.1, 0.15) is 0 Å². The number of aromatic nitrogens is 3. The van der Waals surface area contributed by atoms with Gasteiger partial charge in [0.15, 0.2) is 5.16 Å². The third-order valence-electron chi connectivity index (χ3n) is 2.82. The molecule has 2 aromatic heterocycles. The molecule has 0 saturated carbocycles. The monoisotopic (exact) mass is 269 g/mol. The molecule has 0 atom stereocenters. The van der Waals surface area contributed by atoms with Crippen LogP contribution in [0.25, 0.3) is 11.0 Å². The summed E-state index contributed by atoms with van der Waals surface area (Å²) in [4.78, 5) is 21.0. The Morgan fingerprint density at radius 3 is 2.79 bits per heavy atom. The molecule has 0 radical (unpaired) electrons. The molecular formula is C14H11N3OS. The fourth-order valence-electron chi connectivity index (χ4n) is 1.96. The van der Waals surface area contributed by atoms with Crippen molar-refractivity contribution in [2.75, 3.05) is 6.26 Å². The van der Waals surface area contributed by atoms with E-state index in [1.807, 2.05) is 30.5 Å². The second kappa shape index (κ2) is 4.85. The molecule has 0 spiro atoms. The van der Waals surface area contributed by atoms with Crippen molar-refractivity contribution >= 4 is 28.7 Å². The lowest BCUT2D eigenvalue weighted by molar-refractivity contribution is 0.0954. The van der Waals surface area contributed by atoms with Gasteiger partial charge in [-0.25, -0.2) is 4.98 Å². The fourth-order valence-corrected chi connectivity index (χ4v) is 2.51. The van der Waals surface area contributed by atoms with Crippen LogP contribution in [0.15, 0.2) is 53.9 Å². The van der Waals surface area contributed by atoms with Gasteiger partial charge in [-0.15, -0.1) is 0 Å². The molecular weight excluding hydrogens is 258 g/mol. The van der Waals surface area contributed by atoms with Crippen LogP contribution in [0.1, 0.15) is 10.4 Å². The van der Waals surface area contributed by atoms with Crippen LogP contribution in [0.2, 0.25) is 0 Å². The highest BCUT2D eigenvalue weighted by molar-refractivity contribution is 7.98. The molecule has 94 valence electrons. The van der Waals surface area contributed by atoms with Crippen LogP contribution in [0.3, 0.4) is 0 Å². The smallest absolute Gasteiger partial charge is 0.266 e. The quantitative estimate of drug-likeness (QED) is 0.671. The van der Waals surface area contributed by atoms with Crippen LogP contribution < -0.4 is 0 Å². The number of nitrogens with zero attached hydrogens (tertiary/aromatic N) is 3. The zero-order valence-electron chi connectivity index (χ0n) is 10.3. The largest absolute Gasteiger partial charge is 0.268 e. The maximum absolute atomic E-state index is 12.6. The molecule has 19 heavy (non-hydrogen) atoms. The van der Waals surface area contributed by atoms with Crippen molar-refractivity contribution in [3.63, 3.8) is 0 Å². The molecule has 0 saturated heterocycles. The van der Waals surface area contributed by atoms with Crippen LogP contribution in [0.5, 0.6) is 0 Å². The van der Waals surface area contributed by atoms with Gasteiger partial charge in [0.25, 0.3) is 5.91 Å². The zero-order valence-corrected chi connectivity index (χ0v) is 11.1. The van der Waals surface area contributed by atoms with Gasteiger partial charge in [0, 0.05) is 12.4 Å². The van der Waals surface area contributed by atoms with Gasteiger partial charge in [0.2, 0.25) is 0 Å². The lowest BCUT2D eigenvalue weighted by Crippen LogP contribution is -2.13. The summed E-state index contributed by atoms with van der Waals surface area (Å²) in [5.41, 5.74) is 2.20. The topological polar surface area (TPSA) is 47.8 Å². The van der Waals surface area contributed by atoms with Crippen molar-refractivity contribution < 1.29 is 4.79 Å². The molecule has 3 aromatic rings. The Hall–Kier alpha value is -2.14. The number of rotatable bonds is 2. The molecule has 0 aliphatic rings. The average molecular weight is 269 g/mol. The minimum Gasteiger partial charge on any atom is -0.268 e. The molecule has 0 fully saturated rings. The molecule has 0 amide bonds. The van der Waals surface area contributed by atoms with Gasteiger partial charge in [-0.2, -0.15) is 0 Å². The number of para-hydroxylation sites is 2. The van der Waals surface area contributed by atoms with Gasteiger partial charge < -0.3 is 0 Å². The van der Waals surface area contributed by atoms with E-state index in [0.29, 0.717) is 10.7 Å². The van der Waals surface area contributed by atoms with Crippen molar-refractivity contribution in [3.8, 4) is 0 Å². The predicted octanol–water partition coefficient (Wildman–Crippen LogP) is 2.84. The summed E-state index contributed by atoms with van der Waals surface area (Å²) in [5, 5.41) is 0.690. The molecule has 0 unspecified atom stereocenters. The van der Waals surface area contributed by atoms with E-state index in [0.717, 1.165) is 11.0 Å². The van der Waals surface area contributed by atoms with Gasteiger partial charge >= 0.3 is 0 Å². The Labute approximate surface area is 114 Å². The number of carbonyl (C=O) groups is 1. The summed E-state index contributed by atoms with van der Waals surface area (Å²) < 4.78 is 1.64. The van der Waals surface area contributed by atoms with Crippen LogP contribution in [-0.2, 0) is 0 Å². The van der Waals surface area contributed by atoms with Crippen molar-refractivity contribution in [1.82, 2.24) is 14.5 Å². The summed E-state index contributed by atoms with van der Waals surface area (Å²) in [7, 11) is 0. The highest BCUT2D eigenvalue weighted by Gasteiger charge is 2.17. The molecule has 0 aliphatic carbocycles. The number of hydrogen-bond donors (Lipinski definition) is 0. The van der Waals surface area contributed by atoms with Gasteiger partial charge in [-0.1, -0.05) is 23.9 Å². The molecule has 5 heteroatoms. The minimum absolute atomic E-state index is 0.105. The standard InChI is InChI=1S/C14H11N3OS/c1-19-14-16-11-6-2-3-7-12(11)17(14)13(18)10-5-4-8-15-9-10/h2-9H,1H3. The van der Waals surface area contributed by atoms with Crippen LogP contribution in [0.4, 0.5) is 0 Å². The summed E-state index contributed by atoms with van der Waals surface area (Å²) in [5.74, 6) is -0.105. The fraction of sp³-hybridized carbons (Fsp3) is 0.0714. The van der Waals surface area contributed by atoms with Crippen molar-refractivity contribution in [2.45, 2.75) is 5.16 Å². The number of fused-ring (bicyclic) bond motifs is 1. The van der Waals surface area contributed by atoms with Gasteiger partial charge in [-0.05, 0) is 30.5 Å². The van der Waals surface area contributed by atoms with E-state index in [1.54, 1.807) is 29.1 Å². The number of imidazole rings is 1. The third kappa shape index (κ3) is 2.02. The summed E-state index contributed by atoms with van der Waals surface area (Å²) in [6.45, 7) is 0. The Balaban J connectivity index is 2.21. The van der Waals surface area contributed by atoms with E-state index in [1.165, 1.54) is 11.8 Å². The predicted molar refractivity (Wildman–Crippen MR) is 75.5 cm³/mol. The highest BCUT2D eigenvalue weighted by Crippen LogP contribution is 2.23. The SMILES string of the molecule is CSc1nc2ccccc2n1C(=O)c1cccnc1. The van der Waals surface area contributed by atoms with E-state index in [4.69, 9.17) is 0 Å². The number of hydrogen-bond acceptors (Lipinski definition) is 4. The van der Waals surface area contributed by atoms with Crippen molar-refractivity contribution in [1.29, 1.82) is 0 Å². The van der Waals surface area contributed by atoms with E-state index in [-0.39, 0.29) is 5.91 Å². The number of thioether (sulfide) groups is 1. The summed E-state index contributed by atoms with van der Waals surface area (Å²) in [6.07, 6.45) is 5.13. The molecule has 1 aromatic carbocycles. The van der Waals surface area contributed by atoms with Crippen LogP contribution in [-0.4, -0.2) is 26.7 Å². The van der Waals surface area contributed by atoms with Crippen LogP contribution in [0, 0.1) is 0 Å². The Kier molecular flexibility index (Phi) is 3.05. The van der Waals surface area contributed by atoms with Gasteiger partial charge in [-0.3, -0.25) is 14.3 Å². The molecule has 0 bridgehead atoms. The second-order valence-electron chi connectivity index (χ2n) is 3.97. The highest BCUT2D eigenvalue weighted by atomic mass is 32.2. The maximum atomic E-state index is 12.6. The average Bonchev–Trinajstić information content (AvgIpc) is 2.86. The Bertz CT molecular complexity index is 737. The van der Waals surface area contributed by atoms with E-state index < -0.39 is 0 Å². The first kappa shape index (κ1) is 11.9. The van der Waals surface area contributed by atoms with Crippen LogP contribution >= 0.6 is 11.8 Å². The summed E-state index contributed by atoms with van der Waals surface area (Å²) in [6, 6.07) is 11.1. The first-order valence-electron chi connectivity index (χ1n) is 5.77. The molecule has 2 heterocycles. The first-order valence-corrected chi connectivity index (χ1v) is 7.00. The second-order valence-corrected chi connectivity index (χ2v) is 4.74. The van der Waals surface area contributed by atoms with Crippen molar-refractivity contribution in [3.05, 3.63) is 54.4 Å². The maximum Gasteiger partial charge on any atom is 0.266 e. The minimum atomic E-state index is -0.105. The lowest BCUT2D eigenvalue weighted by Gasteiger charge is -2.05. The van der Waals surface area contributed by atoms with Crippen molar-refractivity contribution in [2.24, 2.45) is 0 Å². The lowest BCUT2D eigenvalue weighted by atomic mass is 10.2. The number of carbonyl (C=O) groups excluding carboxylic acids is 1. The third-order valence-corrected chi connectivity index (χ3v) is 3.46. The van der Waals surface area contributed by atoms with Gasteiger partial charge in [0.05, 0.1) is 16.6 Å². The van der Waals surface area contributed by atoms with E-state index in [2.05, 4.69) is 9.97 Å². The molecule has 3 rings (SSSR count). The molecule has 4 nitrogen and oxygen atoms in total. The van der Waals surface area contributed by atoms with E-state index in [9.17, 15) is 4.79 Å². The Morgan fingerprint density at radius 1 is 1.21 bits per heavy atom. The number of benzene rings is 1. The number of pyridine rings is 1. The summed E-state index contributed by atoms with van der Waals surface area (Å²) >= 11 is 1.45. The Morgan fingerprint density at radius 2 is 2.05 bits per heavy atom. The normalized spacial score (nSPS) is 10.8. The molecule has 0 aliphatic heterocycles. The molecule has 0 N–H and O–H groups in total. The first-order chi connectivity index (χ1) is 9.31. The zero-order chi connectivity index (χ0) is 13.2.